The first kappa shape index (κ1) is 42.3. The largest absolute Gasteiger partial charge is 0.310 e. The van der Waals surface area contributed by atoms with Crippen molar-refractivity contribution < 1.29 is 0 Å². The van der Waals surface area contributed by atoms with E-state index in [9.17, 15) is 0 Å². The Morgan fingerprint density at radius 3 is 1.50 bits per heavy atom. The lowest BCUT2D eigenvalue weighted by Crippen LogP contribution is -2.26. The molecule has 3 aliphatic rings. The topological polar surface area (TPSA) is 11.4 Å². The van der Waals surface area contributed by atoms with Gasteiger partial charge in [-0.3, -0.25) is 0 Å². The van der Waals surface area contributed by atoms with Crippen LogP contribution >= 0.6 is 0 Å². The van der Waals surface area contributed by atoms with Gasteiger partial charge in [0.1, 0.15) is 0 Å². The van der Waals surface area contributed by atoms with E-state index < -0.39 is 0 Å². The smallest absolute Gasteiger partial charge is 0.0583 e. The van der Waals surface area contributed by atoms with Crippen LogP contribution in [-0.4, -0.2) is 4.57 Å². The SMILES string of the molecule is CC1(C)c2ccccc2-c2ccc(N(c3ccc(-c4ccc5c(c4)c4cc(N(c6cc#ccc6)c6ccccc6)cc6c4n5-c4ccccc4C6(C)C)cc3)c3ccc4c(c3)C(C)(C)c3ccccc3-4)cc21. The molecule has 0 radical (unpaired) electrons. The molecular formula is C69H53N3. The zero-order valence-electron chi connectivity index (χ0n) is 41.5. The lowest BCUT2D eigenvalue weighted by Gasteiger charge is -2.36. The zero-order chi connectivity index (χ0) is 48.7. The van der Waals surface area contributed by atoms with E-state index >= 15 is 0 Å². The van der Waals surface area contributed by atoms with Crippen molar-refractivity contribution in [2.75, 3.05) is 9.80 Å². The van der Waals surface area contributed by atoms with Gasteiger partial charge in [-0.15, -0.1) is 0 Å². The molecule has 72 heavy (non-hydrogen) atoms. The van der Waals surface area contributed by atoms with Gasteiger partial charge in [-0.25, -0.2) is 0 Å². The molecule has 3 heteroatoms. The van der Waals surface area contributed by atoms with Crippen molar-refractivity contribution in [1.82, 2.24) is 4.57 Å². The maximum atomic E-state index is 3.23. The third kappa shape index (κ3) is 5.99. The molecule has 0 spiro atoms. The number of nitrogens with zero attached hydrogens (tertiary/aromatic N) is 3. The average molecular weight is 924 g/mol. The summed E-state index contributed by atoms with van der Waals surface area (Å²) in [6.45, 7) is 14.2. The van der Waals surface area contributed by atoms with Crippen molar-refractivity contribution in [2.24, 2.45) is 0 Å². The summed E-state index contributed by atoms with van der Waals surface area (Å²) >= 11 is 0. The zero-order valence-corrected chi connectivity index (χ0v) is 41.5. The highest BCUT2D eigenvalue weighted by atomic mass is 15.1. The Morgan fingerprint density at radius 2 is 0.861 bits per heavy atom. The molecule has 0 saturated heterocycles. The van der Waals surface area contributed by atoms with Crippen molar-refractivity contribution in [1.29, 1.82) is 0 Å². The van der Waals surface area contributed by atoms with Crippen LogP contribution in [0.15, 0.2) is 212 Å². The fourth-order valence-electron chi connectivity index (χ4n) is 12.9. The van der Waals surface area contributed by atoms with Gasteiger partial charge in [0.2, 0.25) is 0 Å². The molecule has 0 bridgehead atoms. The third-order valence-corrected chi connectivity index (χ3v) is 16.6. The lowest BCUT2D eigenvalue weighted by atomic mass is 9.74. The van der Waals surface area contributed by atoms with Crippen LogP contribution in [0.3, 0.4) is 0 Å². The molecule has 344 valence electrons. The molecule has 2 heterocycles. The summed E-state index contributed by atoms with van der Waals surface area (Å²) in [6, 6.07) is 85.4. The van der Waals surface area contributed by atoms with Crippen LogP contribution in [-0.2, 0) is 16.2 Å². The van der Waals surface area contributed by atoms with Gasteiger partial charge in [0.15, 0.2) is 0 Å². The highest BCUT2D eigenvalue weighted by Gasteiger charge is 2.39. The van der Waals surface area contributed by atoms with Crippen LogP contribution in [0.5, 0.6) is 0 Å². The summed E-state index contributed by atoms with van der Waals surface area (Å²) in [5.41, 5.74) is 25.7. The number of rotatable bonds is 7. The number of hydrogen-bond donors (Lipinski definition) is 0. The molecule has 0 unspecified atom stereocenters. The lowest BCUT2D eigenvalue weighted by molar-refractivity contribution is 0.630. The predicted molar refractivity (Wildman–Crippen MR) is 301 cm³/mol. The number of benzene rings is 9. The molecule has 0 atom stereocenters. The van der Waals surface area contributed by atoms with E-state index in [1.807, 2.05) is 12.1 Å². The maximum absolute atomic E-state index is 3.23. The number of anilines is 6. The third-order valence-electron chi connectivity index (χ3n) is 16.6. The van der Waals surface area contributed by atoms with Gasteiger partial charge in [-0.1, -0.05) is 169 Å². The second kappa shape index (κ2) is 15.2. The summed E-state index contributed by atoms with van der Waals surface area (Å²) in [6.07, 6.45) is 0. The predicted octanol–water partition coefficient (Wildman–Crippen LogP) is 18.2. The standard InChI is InChI=1S/C69H53N3/c1-67(2)58-25-15-13-23-52(58)54-36-34-49(41-61(54)67)71(50-35-37-55-53-24-14-16-26-59(53)68(3,4)62(55)42-50)48-32-29-44(30-33-48)45-31-38-64-56(39-45)57-40-51(70(46-19-9-7-10-20-46)47-21-11-8-12-22-47)43-63-66(57)72(64)65-28-18-17-27-60(65)69(63,5)6/h7,9-11,13-43H,1-6H3. The van der Waals surface area contributed by atoms with E-state index in [2.05, 4.69) is 268 Å². The van der Waals surface area contributed by atoms with Crippen molar-refractivity contribution in [3.63, 3.8) is 0 Å². The monoisotopic (exact) mass is 923 g/mol. The average Bonchev–Trinajstić information content (AvgIpc) is 3.96. The fourth-order valence-corrected chi connectivity index (χ4v) is 12.9. The molecule has 2 aliphatic carbocycles. The number of aromatic nitrogens is 1. The molecule has 14 rings (SSSR count). The first-order valence-electron chi connectivity index (χ1n) is 25.3. The Kier molecular flexibility index (Phi) is 8.94. The van der Waals surface area contributed by atoms with Gasteiger partial charge in [-0.2, -0.15) is 0 Å². The number of para-hydroxylation sites is 2. The molecule has 10 aromatic carbocycles. The van der Waals surface area contributed by atoms with E-state index in [4.69, 9.17) is 0 Å². The summed E-state index contributed by atoms with van der Waals surface area (Å²) in [5.74, 6) is 0. The summed E-state index contributed by atoms with van der Waals surface area (Å²) in [4.78, 5) is 4.83. The van der Waals surface area contributed by atoms with Crippen molar-refractivity contribution in [2.45, 2.75) is 57.8 Å². The van der Waals surface area contributed by atoms with Crippen LogP contribution < -0.4 is 9.80 Å². The molecule has 1 aliphatic heterocycles. The second-order valence-corrected chi connectivity index (χ2v) is 21.6. The van der Waals surface area contributed by atoms with E-state index in [0.29, 0.717) is 0 Å². The van der Waals surface area contributed by atoms with Crippen LogP contribution in [0.2, 0.25) is 0 Å². The summed E-state index contributed by atoms with van der Waals surface area (Å²) in [5, 5.41) is 2.47. The quantitative estimate of drug-likeness (QED) is 0.158. The van der Waals surface area contributed by atoms with Gasteiger partial charge in [0.25, 0.3) is 0 Å². The Bertz CT molecular complexity index is 3860. The fraction of sp³-hybridized carbons (Fsp3) is 0.130. The molecule has 0 N–H and O–H groups in total. The molecule has 0 saturated carbocycles. The van der Waals surface area contributed by atoms with Crippen molar-refractivity contribution >= 4 is 55.9 Å². The van der Waals surface area contributed by atoms with Crippen molar-refractivity contribution in [3.8, 4) is 39.1 Å². The van der Waals surface area contributed by atoms with Gasteiger partial charge in [0.05, 0.1) is 22.4 Å². The van der Waals surface area contributed by atoms with E-state index in [1.54, 1.807) is 0 Å². The maximum Gasteiger partial charge on any atom is 0.0583 e. The minimum Gasteiger partial charge on any atom is -0.310 e. The van der Waals surface area contributed by atoms with Gasteiger partial charge in [-0.05, 0) is 158 Å². The first-order valence-corrected chi connectivity index (χ1v) is 25.3. The Morgan fingerprint density at radius 1 is 0.347 bits per heavy atom. The van der Waals surface area contributed by atoms with E-state index in [1.165, 1.54) is 94.3 Å². The Labute approximate surface area is 422 Å². The van der Waals surface area contributed by atoms with Gasteiger partial charge < -0.3 is 14.4 Å². The van der Waals surface area contributed by atoms with Crippen LogP contribution in [0.4, 0.5) is 34.1 Å². The molecule has 0 fully saturated rings. The molecular weight excluding hydrogens is 871 g/mol. The highest BCUT2D eigenvalue weighted by molar-refractivity contribution is 6.14. The van der Waals surface area contributed by atoms with Crippen LogP contribution in [0.25, 0.3) is 60.9 Å². The van der Waals surface area contributed by atoms with Crippen LogP contribution in [0, 0.1) is 12.1 Å². The second-order valence-electron chi connectivity index (χ2n) is 21.6. The van der Waals surface area contributed by atoms with E-state index in [0.717, 1.165) is 34.1 Å². The highest BCUT2D eigenvalue weighted by Crippen LogP contribution is 2.54. The molecule has 0 amide bonds. The normalized spacial score (nSPS) is 14.8. The summed E-state index contributed by atoms with van der Waals surface area (Å²) in [7, 11) is 0. The van der Waals surface area contributed by atoms with Gasteiger partial charge in [0, 0.05) is 61.5 Å². The minimum absolute atomic E-state index is 0.127. The van der Waals surface area contributed by atoms with Crippen molar-refractivity contribution in [3.05, 3.63) is 258 Å². The molecule has 3 nitrogen and oxygen atoms in total. The molecule has 11 aromatic rings. The number of fused-ring (bicyclic) bond motifs is 11. The molecule has 1 aromatic heterocycles. The van der Waals surface area contributed by atoms with E-state index in [-0.39, 0.29) is 16.2 Å². The number of hydrogen-bond acceptors (Lipinski definition) is 2. The Hall–Kier alpha value is -8.58. The van der Waals surface area contributed by atoms with Crippen LogP contribution in [0.1, 0.15) is 74.9 Å². The summed E-state index contributed by atoms with van der Waals surface area (Å²) < 4.78 is 2.51. The minimum atomic E-state index is -0.254. The van der Waals surface area contributed by atoms with Gasteiger partial charge >= 0.3 is 0 Å². The first-order chi connectivity index (χ1) is 35.0. The Balaban J connectivity index is 0.930.